The summed E-state index contributed by atoms with van der Waals surface area (Å²) in [7, 11) is 1.56. The van der Waals surface area contributed by atoms with Crippen LogP contribution < -0.4 is 10.2 Å². The standard InChI is InChI=1S/C22H26N4O6/c1-24(22(31)32)10-7-13-8-11-25(12-9-13)15-4-2-3-14-18(15)21(30)26(20(14)29)16-5-6-17(27)23-19(16)28/h2-4,13,16H,5-12H2,1H3,(H,31,32)(H,23,27,28). The Balaban J connectivity index is 1.48. The summed E-state index contributed by atoms with van der Waals surface area (Å²) in [4.78, 5) is 65.3. The summed E-state index contributed by atoms with van der Waals surface area (Å²) < 4.78 is 0. The Hall–Kier alpha value is -3.43. The summed E-state index contributed by atoms with van der Waals surface area (Å²) in [5.74, 6) is -1.64. The molecule has 2 saturated heterocycles. The van der Waals surface area contributed by atoms with Crippen LogP contribution in [0, 0.1) is 5.92 Å². The number of amides is 5. The minimum Gasteiger partial charge on any atom is -0.465 e. The highest BCUT2D eigenvalue weighted by atomic mass is 16.4. The van der Waals surface area contributed by atoms with Crippen molar-refractivity contribution in [3.8, 4) is 0 Å². The van der Waals surface area contributed by atoms with Gasteiger partial charge in [-0.15, -0.1) is 0 Å². The number of hydrogen-bond donors (Lipinski definition) is 2. The normalized spacial score (nSPS) is 21.6. The number of carbonyl (C=O) groups excluding carboxylic acids is 4. The average Bonchev–Trinajstić information content (AvgIpc) is 3.03. The van der Waals surface area contributed by atoms with Gasteiger partial charge in [-0.25, -0.2) is 4.79 Å². The van der Waals surface area contributed by atoms with Crippen molar-refractivity contribution in [2.45, 2.75) is 38.1 Å². The molecule has 0 spiro atoms. The molecule has 1 aromatic rings. The van der Waals surface area contributed by atoms with Crippen LogP contribution in [-0.2, 0) is 9.59 Å². The van der Waals surface area contributed by atoms with Crippen molar-refractivity contribution < 1.29 is 29.1 Å². The fourth-order valence-electron chi connectivity index (χ4n) is 4.70. The lowest BCUT2D eigenvalue weighted by Gasteiger charge is -2.35. The van der Waals surface area contributed by atoms with Gasteiger partial charge in [0.05, 0.1) is 16.8 Å². The number of carbonyl (C=O) groups is 5. The molecule has 0 aliphatic carbocycles. The van der Waals surface area contributed by atoms with E-state index in [2.05, 4.69) is 10.2 Å². The van der Waals surface area contributed by atoms with Crippen LogP contribution in [0.25, 0.3) is 0 Å². The second-order valence-corrected chi connectivity index (χ2v) is 8.57. The first-order valence-corrected chi connectivity index (χ1v) is 10.8. The van der Waals surface area contributed by atoms with Gasteiger partial charge < -0.3 is 14.9 Å². The first kappa shape index (κ1) is 21.8. The van der Waals surface area contributed by atoms with Gasteiger partial charge in [0, 0.05) is 33.1 Å². The molecule has 1 unspecified atom stereocenters. The van der Waals surface area contributed by atoms with E-state index in [4.69, 9.17) is 5.11 Å². The molecule has 0 saturated carbocycles. The number of benzene rings is 1. The lowest BCUT2D eigenvalue weighted by Crippen LogP contribution is -2.54. The zero-order valence-electron chi connectivity index (χ0n) is 17.9. The van der Waals surface area contributed by atoms with E-state index in [9.17, 15) is 24.0 Å². The molecule has 0 aromatic heterocycles. The van der Waals surface area contributed by atoms with Crippen LogP contribution in [0.3, 0.4) is 0 Å². The van der Waals surface area contributed by atoms with Crippen LogP contribution in [0.15, 0.2) is 18.2 Å². The van der Waals surface area contributed by atoms with Crippen LogP contribution in [0.1, 0.15) is 52.8 Å². The third kappa shape index (κ3) is 3.92. The van der Waals surface area contributed by atoms with Crippen molar-refractivity contribution in [2.75, 3.05) is 31.6 Å². The van der Waals surface area contributed by atoms with Gasteiger partial charge >= 0.3 is 6.09 Å². The molecular formula is C22H26N4O6. The molecule has 2 N–H and O–H groups in total. The summed E-state index contributed by atoms with van der Waals surface area (Å²) in [6.45, 7) is 1.87. The number of nitrogens with zero attached hydrogens (tertiary/aromatic N) is 3. The van der Waals surface area contributed by atoms with Gasteiger partial charge in [0.25, 0.3) is 11.8 Å². The van der Waals surface area contributed by atoms with E-state index in [0.29, 0.717) is 36.8 Å². The van der Waals surface area contributed by atoms with Gasteiger partial charge in [-0.3, -0.25) is 29.4 Å². The quantitative estimate of drug-likeness (QED) is 0.658. The maximum atomic E-state index is 13.3. The topological polar surface area (TPSA) is 127 Å². The van der Waals surface area contributed by atoms with E-state index in [-0.39, 0.29) is 18.4 Å². The Morgan fingerprint density at radius 3 is 2.50 bits per heavy atom. The van der Waals surface area contributed by atoms with Crippen LogP contribution >= 0.6 is 0 Å². The first-order valence-electron chi connectivity index (χ1n) is 10.8. The van der Waals surface area contributed by atoms with Gasteiger partial charge in [-0.2, -0.15) is 0 Å². The Kier molecular flexibility index (Phi) is 5.86. The summed E-state index contributed by atoms with van der Waals surface area (Å²) in [5.41, 5.74) is 1.27. The molecule has 2 fully saturated rings. The van der Waals surface area contributed by atoms with Crippen LogP contribution in [0.5, 0.6) is 0 Å². The number of rotatable bonds is 5. The fraction of sp³-hybridized carbons (Fsp3) is 0.500. The first-order chi connectivity index (χ1) is 15.3. The van der Waals surface area contributed by atoms with E-state index in [1.165, 1.54) is 4.90 Å². The summed E-state index contributed by atoms with van der Waals surface area (Å²) >= 11 is 0. The molecule has 32 heavy (non-hydrogen) atoms. The molecule has 10 heteroatoms. The van der Waals surface area contributed by atoms with E-state index < -0.39 is 35.8 Å². The lowest BCUT2D eigenvalue weighted by atomic mass is 9.92. The monoisotopic (exact) mass is 442 g/mol. The Labute approximate surface area is 185 Å². The lowest BCUT2D eigenvalue weighted by molar-refractivity contribution is -0.136. The molecule has 4 rings (SSSR count). The van der Waals surface area contributed by atoms with Crippen molar-refractivity contribution in [1.29, 1.82) is 0 Å². The maximum absolute atomic E-state index is 13.3. The highest BCUT2D eigenvalue weighted by Crippen LogP contribution is 2.36. The zero-order valence-corrected chi connectivity index (χ0v) is 17.9. The number of nitrogens with one attached hydrogen (secondary N) is 1. The molecular weight excluding hydrogens is 416 g/mol. The van der Waals surface area contributed by atoms with Crippen molar-refractivity contribution >= 4 is 35.4 Å². The molecule has 3 aliphatic heterocycles. The number of piperidine rings is 2. The summed E-state index contributed by atoms with van der Waals surface area (Å²) in [5, 5.41) is 11.2. The second kappa shape index (κ2) is 8.60. The summed E-state index contributed by atoms with van der Waals surface area (Å²) in [6, 6.07) is 4.17. The largest absolute Gasteiger partial charge is 0.465 e. The smallest absolute Gasteiger partial charge is 0.407 e. The number of anilines is 1. The SMILES string of the molecule is CN(CCC1CCN(c2cccc3c2C(=O)N(C2CCC(=O)NC2=O)C3=O)CC1)C(=O)O. The maximum Gasteiger partial charge on any atom is 0.407 e. The van der Waals surface area contributed by atoms with Crippen molar-refractivity contribution in [2.24, 2.45) is 5.92 Å². The Morgan fingerprint density at radius 2 is 1.84 bits per heavy atom. The number of carboxylic acid groups (broad SMARTS) is 1. The fourth-order valence-corrected chi connectivity index (χ4v) is 4.70. The molecule has 170 valence electrons. The van der Waals surface area contributed by atoms with E-state index in [1.54, 1.807) is 19.2 Å². The third-order valence-electron chi connectivity index (χ3n) is 6.60. The van der Waals surface area contributed by atoms with Gasteiger partial charge in [-0.05, 0) is 43.7 Å². The van der Waals surface area contributed by atoms with E-state index >= 15 is 0 Å². The van der Waals surface area contributed by atoms with E-state index in [0.717, 1.165) is 24.2 Å². The van der Waals surface area contributed by atoms with Gasteiger partial charge in [0.2, 0.25) is 11.8 Å². The molecule has 5 amide bonds. The van der Waals surface area contributed by atoms with Crippen molar-refractivity contribution in [3.05, 3.63) is 29.3 Å². The predicted molar refractivity (Wildman–Crippen MR) is 113 cm³/mol. The zero-order chi connectivity index (χ0) is 23.0. The van der Waals surface area contributed by atoms with Crippen LogP contribution in [0.2, 0.25) is 0 Å². The molecule has 10 nitrogen and oxygen atoms in total. The number of hydrogen-bond acceptors (Lipinski definition) is 6. The van der Waals surface area contributed by atoms with Crippen LogP contribution in [0.4, 0.5) is 10.5 Å². The van der Waals surface area contributed by atoms with Gasteiger partial charge in [0.15, 0.2) is 0 Å². The number of fused-ring (bicyclic) bond motifs is 1. The molecule has 1 atom stereocenters. The molecule has 0 radical (unpaired) electrons. The average molecular weight is 442 g/mol. The molecule has 3 heterocycles. The predicted octanol–water partition coefficient (Wildman–Crippen LogP) is 1.30. The second-order valence-electron chi connectivity index (χ2n) is 8.57. The summed E-state index contributed by atoms with van der Waals surface area (Å²) in [6.07, 6.45) is 1.77. The molecule has 3 aliphatic rings. The third-order valence-corrected chi connectivity index (χ3v) is 6.60. The highest BCUT2D eigenvalue weighted by molar-refractivity contribution is 6.25. The minimum absolute atomic E-state index is 0.0846. The molecule has 0 bridgehead atoms. The van der Waals surface area contributed by atoms with Gasteiger partial charge in [0.1, 0.15) is 6.04 Å². The highest BCUT2D eigenvalue weighted by Gasteiger charge is 2.46. The molecule has 1 aromatic carbocycles. The Bertz CT molecular complexity index is 985. The Morgan fingerprint density at radius 1 is 1.12 bits per heavy atom. The van der Waals surface area contributed by atoms with Crippen molar-refractivity contribution in [1.82, 2.24) is 15.1 Å². The van der Waals surface area contributed by atoms with Crippen molar-refractivity contribution in [3.63, 3.8) is 0 Å². The number of imide groups is 2. The van der Waals surface area contributed by atoms with Gasteiger partial charge in [-0.1, -0.05) is 6.07 Å². The minimum atomic E-state index is -0.982. The van der Waals surface area contributed by atoms with Crippen LogP contribution in [-0.4, -0.2) is 77.4 Å². The van der Waals surface area contributed by atoms with E-state index in [1.807, 2.05) is 6.07 Å².